The number of hydrogen-bond donors (Lipinski definition) is 0. The van der Waals surface area contributed by atoms with Crippen LogP contribution in [0, 0.1) is 0 Å². The Balaban J connectivity index is 1.81. The molecule has 0 aliphatic heterocycles. The van der Waals surface area contributed by atoms with Crippen molar-refractivity contribution in [1.29, 1.82) is 0 Å². The molecule has 0 N–H and O–H groups in total. The molecule has 0 unspecified atom stereocenters. The molecule has 0 amide bonds. The molecule has 3 nitrogen and oxygen atoms in total. The maximum atomic E-state index is 4.79. The number of rotatable bonds is 3. The molecule has 0 saturated heterocycles. The summed E-state index contributed by atoms with van der Waals surface area (Å²) in [5.41, 5.74) is 3.79. The predicted molar refractivity (Wildman–Crippen MR) is 100.0 cm³/mol. The van der Waals surface area contributed by atoms with E-state index in [1.807, 2.05) is 60.8 Å². The van der Waals surface area contributed by atoms with Crippen LogP contribution in [-0.4, -0.2) is 21.2 Å². The van der Waals surface area contributed by atoms with Crippen LogP contribution in [0.2, 0.25) is 0 Å². The normalized spacial score (nSPS) is 10.9. The predicted octanol–water partition coefficient (Wildman–Crippen LogP) is 5.08. The zero-order chi connectivity index (χ0) is 16.4. The largest absolute Gasteiger partial charge is 0.244 e. The van der Waals surface area contributed by atoms with Gasteiger partial charge in [-0.2, -0.15) is 0 Å². The molecule has 0 radical (unpaired) electrons. The molecule has 0 bridgehead atoms. The number of pyridine rings is 1. The Kier molecular flexibility index (Phi) is 3.97. The Hall–Kier alpha value is -2.72. The lowest BCUT2D eigenvalue weighted by molar-refractivity contribution is 1.17. The lowest BCUT2D eigenvalue weighted by Crippen LogP contribution is -1.94. The van der Waals surface area contributed by atoms with Crippen LogP contribution in [-0.2, 0) is 0 Å². The van der Waals surface area contributed by atoms with E-state index in [2.05, 4.69) is 28.4 Å². The summed E-state index contributed by atoms with van der Waals surface area (Å²) in [6, 6.07) is 22.3. The van der Waals surface area contributed by atoms with Gasteiger partial charge >= 0.3 is 0 Å². The van der Waals surface area contributed by atoms with Gasteiger partial charge in [0.25, 0.3) is 0 Å². The SMILES string of the molecule is CSc1ccccc1-c1cccc(-c2ncc3ccccc3n2)n1. The van der Waals surface area contributed by atoms with Gasteiger partial charge in [0.1, 0.15) is 5.69 Å². The minimum Gasteiger partial charge on any atom is -0.244 e. The Labute approximate surface area is 144 Å². The van der Waals surface area contributed by atoms with Gasteiger partial charge < -0.3 is 0 Å². The number of aromatic nitrogens is 3. The molecule has 0 spiro atoms. The van der Waals surface area contributed by atoms with E-state index >= 15 is 0 Å². The lowest BCUT2D eigenvalue weighted by Gasteiger charge is -2.08. The molecule has 0 atom stereocenters. The second-order valence-electron chi connectivity index (χ2n) is 5.36. The van der Waals surface area contributed by atoms with Crippen molar-refractivity contribution in [3.63, 3.8) is 0 Å². The molecular formula is C20H15N3S. The lowest BCUT2D eigenvalue weighted by atomic mass is 10.1. The number of para-hydroxylation sites is 1. The fourth-order valence-electron chi connectivity index (χ4n) is 2.66. The van der Waals surface area contributed by atoms with Crippen LogP contribution in [0.3, 0.4) is 0 Å². The molecule has 0 aliphatic rings. The third-order valence-electron chi connectivity index (χ3n) is 3.85. The Bertz CT molecular complexity index is 1010. The highest BCUT2D eigenvalue weighted by molar-refractivity contribution is 7.98. The van der Waals surface area contributed by atoms with Crippen LogP contribution in [0.1, 0.15) is 0 Å². The summed E-state index contributed by atoms with van der Waals surface area (Å²) < 4.78 is 0. The molecule has 2 aromatic heterocycles. The summed E-state index contributed by atoms with van der Waals surface area (Å²) in [6.45, 7) is 0. The molecule has 116 valence electrons. The third kappa shape index (κ3) is 2.76. The maximum Gasteiger partial charge on any atom is 0.178 e. The van der Waals surface area contributed by atoms with Gasteiger partial charge in [-0.15, -0.1) is 11.8 Å². The van der Waals surface area contributed by atoms with Crippen molar-refractivity contribution in [2.75, 3.05) is 6.26 Å². The van der Waals surface area contributed by atoms with E-state index in [1.54, 1.807) is 11.8 Å². The quantitative estimate of drug-likeness (QED) is 0.491. The van der Waals surface area contributed by atoms with Gasteiger partial charge in [-0.1, -0.05) is 42.5 Å². The third-order valence-corrected chi connectivity index (χ3v) is 4.65. The fourth-order valence-corrected chi connectivity index (χ4v) is 3.27. The van der Waals surface area contributed by atoms with E-state index < -0.39 is 0 Å². The number of nitrogens with zero attached hydrogens (tertiary/aromatic N) is 3. The number of fused-ring (bicyclic) bond motifs is 1. The highest BCUT2D eigenvalue weighted by atomic mass is 32.2. The number of thioether (sulfide) groups is 1. The van der Waals surface area contributed by atoms with Gasteiger partial charge in [0.05, 0.1) is 11.2 Å². The van der Waals surface area contributed by atoms with E-state index in [1.165, 1.54) is 4.90 Å². The molecule has 2 heterocycles. The summed E-state index contributed by atoms with van der Waals surface area (Å²) in [6.07, 6.45) is 3.93. The molecule has 4 rings (SSSR count). The fraction of sp³-hybridized carbons (Fsp3) is 0.0500. The van der Waals surface area contributed by atoms with Gasteiger partial charge in [-0.3, -0.25) is 0 Å². The molecule has 0 aliphatic carbocycles. The maximum absolute atomic E-state index is 4.79. The molecule has 2 aromatic carbocycles. The first kappa shape index (κ1) is 14.8. The van der Waals surface area contributed by atoms with Crippen molar-refractivity contribution in [2.24, 2.45) is 0 Å². The summed E-state index contributed by atoms with van der Waals surface area (Å²) in [5, 5.41) is 1.03. The van der Waals surface area contributed by atoms with Gasteiger partial charge in [-0.05, 0) is 30.5 Å². The molecule has 24 heavy (non-hydrogen) atoms. The van der Waals surface area contributed by atoms with Gasteiger partial charge in [0, 0.05) is 22.0 Å². The Morgan fingerprint density at radius 2 is 1.54 bits per heavy atom. The molecule has 4 aromatic rings. The van der Waals surface area contributed by atoms with Crippen molar-refractivity contribution >= 4 is 22.7 Å². The standard InChI is InChI=1S/C20H15N3S/c1-24-19-12-5-3-8-15(19)17-10-6-11-18(22-17)20-21-13-14-7-2-4-9-16(14)23-20/h2-13H,1H3. The second-order valence-corrected chi connectivity index (χ2v) is 6.21. The average molecular weight is 329 g/mol. The van der Waals surface area contributed by atoms with Crippen molar-refractivity contribution in [1.82, 2.24) is 15.0 Å². The van der Waals surface area contributed by atoms with E-state index in [0.29, 0.717) is 5.82 Å². The first-order chi connectivity index (χ1) is 11.8. The van der Waals surface area contributed by atoms with E-state index in [0.717, 1.165) is 27.9 Å². The highest BCUT2D eigenvalue weighted by Crippen LogP contribution is 2.29. The Morgan fingerprint density at radius 3 is 2.46 bits per heavy atom. The smallest absolute Gasteiger partial charge is 0.178 e. The monoisotopic (exact) mass is 329 g/mol. The van der Waals surface area contributed by atoms with Crippen LogP contribution in [0.5, 0.6) is 0 Å². The zero-order valence-electron chi connectivity index (χ0n) is 13.2. The molecule has 4 heteroatoms. The van der Waals surface area contributed by atoms with Gasteiger partial charge in [0.2, 0.25) is 0 Å². The van der Waals surface area contributed by atoms with Crippen LogP contribution in [0.15, 0.2) is 77.8 Å². The van der Waals surface area contributed by atoms with Crippen molar-refractivity contribution in [2.45, 2.75) is 4.90 Å². The van der Waals surface area contributed by atoms with Crippen LogP contribution < -0.4 is 0 Å². The van der Waals surface area contributed by atoms with E-state index in [9.17, 15) is 0 Å². The summed E-state index contributed by atoms with van der Waals surface area (Å²) in [7, 11) is 0. The first-order valence-corrected chi connectivity index (χ1v) is 8.90. The van der Waals surface area contributed by atoms with Gasteiger partial charge in [0.15, 0.2) is 5.82 Å². The van der Waals surface area contributed by atoms with Crippen LogP contribution in [0.4, 0.5) is 0 Å². The summed E-state index contributed by atoms with van der Waals surface area (Å²) in [5.74, 6) is 0.650. The summed E-state index contributed by atoms with van der Waals surface area (Å²) in [4.78, 5) is 15.1. The van der Waals surface area contributed by atoms with E-state index in [4.69, 9.17) is 4.98 Å². The van der Waals surface area contributed by atoms with Gasteiger partial charge in [-0.25, -0.2) is 15.0 Å². The second kappa shape index (κ2) is 6.42. The van der Waals surface area contributed by atoms with Crippen LogP contribution >= 0.6 is 11.8 Å². The minimum atomic E-state index is 0.650. The average Bonchev–Trinajstić information content (AvgIpc) is 2.67. The topological polar surface area (TPSA) is 38.7 Å². The molecule has 0 saturated carbocycles. The van der Waals surface area contributed by atoms with Crippen molar-refractivity contribution in [3.05, 3.63) is 72.9 Å². The molecular weight excluding hydrogens is 314 g/mol. The Morgan fingerprint density at radius 1 is 0.750 bits per heavy atom. The van der Waals surface area contributed by atoms with Crippen molar-refractivity contribution < 1.29 is 0 Å². The number of benzene rings is 2. The summed E-state index contributed by atoms with van der Waals surface area (Å²) >= 11 is 1.72. The zero-order valence-corrected chi connectivity index (χ0v) is 14.0. The van der Waals surface area contributed by atoms with Crippen molar-refractivity contribution in [3.8, 4) is 22.8 Å². The van der Waals surface area contributed by atoms with E-state index in [-0.39, 0.29) is 0 Å². The van der Waals surface area contributed by atoms with Crippen LogP contribution in [0.25, 0.3) is 33.7 Å². The first-order valence-electron chi connectivity index (χ1n) is 7.68. The number of hydrogen-bond acceptors (Lipinski definition) is 4. The minimum absolute atomic E-state index is 0.650. The molecule has 0 fully saturated rings. The highest BCUT2D eigenvalue weighted by Gasteiger charge is 2.09.